The summed E-state index contributed by atoms with van der Waals surface area (Å²) in [6, 6.07) is 15.9. The van der Waals surface area contributed by atoms with Gasteiger partial charge in [-0.15, -0.1) is 0 Å². The Morgan fingerprint density at radius 3 is 2.53 bits per heavy atom. The van der Waals surface area contributed by atoms with E-state index in [2.05, 4.69) is 10.4 Å². The van der Waals surface area contributed by atoms with Crippen molar-refractivity contribution in [3.8, 4) is 0 Å². The highest BCUT2D eigenvalue weighted by molar-refractivity contribution is 6.07. The minimum absolute atomic E-state index is 0.108. The number of alkyl halides is 3. The second-order valence-electron chi connectivity index (χ2n) is 8.01. The van der Waals surface area contributed by atoms with Crippen molar-refractivity contribution >= 4 is 33.4 Å². The van der Waals surface area contributed by atoms with Crippen LogP contribution < -0.4 is 5.32 Å². The lowest BCUT2D eigenvalue weighted by Gasteiger charge is -2.12. The fourth-order valence-corrected chi connectivity index (χ4v) is 4.06. The van der Waals surface area contributed by atoms with E-state index in [0.29, 0.717) is 16.8 Å². The molecular formula is C25H18F4N4O. The van der Waals surface area contributed by atoms with Crippen LogP contribution in [0.2, 0.25) is 0 Å². The molecule has 0 aliphatic heterocycles. The van der Waals surface area contributed by atoms with Crippen LogP contribution in [-0.4, -0.2) is 20.3 Å². The van der Waals surface area contributed by atoms with Crippen molar-refractivity contribution in [2.45, 2.75) is 12.7 Å². The average Bonchev–Trinajstić information content (AvgIpc) is 3.33. The highest BCUT2D eigenvalue weighted by Gasteiger charge is 2.31. The molecule has 1 N–H and O–H groups in total. The smallest absolute Gasteiger partial charge is 0.332 e. The number of nitrogens with one attached hydrogen (secondary N) is 1. The van der Waals surface area contributed by atoms with Crippen LogP contribution in [0.5, 0.6) is 0 Å². The van der Waals surface area contributed by atoms with Crippen molar-refractivity contribution < 1.29 is 22.4 Å². The molecule has 9 heteroatoms. The first-order valence-electron chi connectivity index (χ1n) is 10.4. The van der Waals surface area contributed by atoms with Crippen molar-refractivity contribution in [1.82, 2.24) is 14.3 Å². The molecule has 0 aliphatic rings. The number of carbonyl (C=O) groups is 1. The van der Waals surface area contributed by atoms with E-state index >= 15 is 0 Å². The number of rotatable bonds is 4. The molecule has 172 valence electrons. The molecule has 0 saturated heterocycles. The quantitative estimate of drug-likeness (QED) is 0.331. The van der Waals surface area contributed by atoms with E-state index in [0.717, 1.165) is 23.0 Å². The van der Waals surface area contributed by atoms with Gasteiger partial charge in [-0.25, -0.2) is 4.39 Å². The summed E-state index contributed by atoms with van der Waals surface area (Å²) in [6.07, 6.45) is -2.84. The topological polar surface area (TPSA) is 51.9 Å². The standard InChI is InChI=1S/C25H18F4N4O/c1-32-21-8-6-20(11-17(21)13-30-32)31-24(34)23-12-16-10-18(25(27,28)29)5-7-22(16)33(23)14-15-3-2-4-19(26)9-15/h2-13H,14H2,1H3,(H,31,34). The maximum atomic E-state index is 13.7. The molecule has 2 aromatic heterocycles. The van der Waals surface area contributed by atoms with Crippen molar-refractivity contribution in [1.29, 1.82) is 0 Å². The van der Waals surface area contributed by atoms with Gasteiger partial charge in [-0.2, -0.15) is 18.3 Å². The average molecular weight is 466 g/mol. The van der Waals surface area contributed by atoms with Gasteiger partial charge in [0.25, 0.3) is 5.91 Å². The lowest BCUT2D eigenvalue weighted by atomic mass is 10.1. The molecule has 5 nitrogen and oxygen atoms in total. The van der Waals surface area contributed by atoms with Crippen LogP contribution >= 0.6 is 0 Å². The number of benzene rings is 3. The van der Waals surface area contributed by atoms with Crippen molar-refractivity contribution in [2.24, 2.45) is 7.05 Å². The number of hydrogen-bond donors (Lipinski definition) is 1. The van der Waals surface area contributed by atoms with Gasteiger partial charge in [0.15, 0.2) is 0 Å². The predicted octanol–water partition coefficient (Wildman–Crippen LogP) is 5.99. The monoisotopic (exact) mass is 466 g/mol. The Hall–Kier alpha value is -4.14. The van der Waals surface area contributed by atoms with Gasteiger partial charge in [-0.1, -0.05) is 12.1 Å². The van der Waals surface area contributed by atoms with Crippen molar-refractivity contribution in [3.63, 3.8) is 0 Å². The number of aromatic nitrogens is 3. The van der Waals surface area contributed by atoms with Crippen LogP contribution in [0.1, 0.15) is 21.6 Å². The molecule has 5 rings (SSSR count). The number of aryl methyl sites for hydroxylation is 1. The van der Waals surface area contributed by atoms with Gasteiger partial charge >= 0.3 is 6.18 Å². The number of hydrogen-bond acceptors (Lipinski definition) is 2. The fraction of sp³-hybridized carbons (Fsp3) is 0.120. The zero-order valence-corrected chi connectivity index (χ0v) is 17.9. The number of nitrogens with zero attached hydrogens (tertiary/aromatic N) is 3. The summed E-state index contributed by atoms with van der Waals surface area (Å²) < 4.78 is 56.8. The maximum absolute atomic E-state index is 13.7. The molecule has 0 bridgehead atoms. The first kappa shape index (κ1) is 21.7. The van der Waals surface area contributed by atoms with Gasteiger partial charge in [-0.3, -0.25) is 9.48 Å². The first-order valence-corrected chi connectivity index (χ1v) is 10.4. The highest BCUT2D eigenvalue weighted by Crippen LogP contribution is 2.33. The van der Waals surface area contributed by atoms with Crippen LogP contribution in [0.4, 0.5) is 23.2 Å². The number of anilines is 1. The Kier molecular flexibility index (Phi) is 5.11. The molecule has 3 aromatic carbocycles. The summed E-state index contributed by atoms with van der Waals surface area (Å²) in [4.78, 5) is 13.2. The molecule has 5 aromatic rings. The Labute approximate surface area is 191 Å². The first-order chi connectivity index (χ1) is 16.2. The van der Waals surface area contributed by atoms with E-state index in [9.17, 15) is 22.4 Å². The minimum Gasteiger partial charge on any atom is -0.332 e. The summed E-state index contributed by atoms with van der Waals surface area (Å²) in [5, 5.41) is 8.08. The fourth-order valence-electron chi connectivity index (χ4n) is 4.06. The molecule has 2 heterocycles. The third-order valence-corrected chi connectivity index (χ3v) is 5.70. The van der Waals surface area contributed by atoms with Gasteiger partial charge in [0.05, 0.1) is 17.3 Å². The van der Waals surface area contributed by atoms with Crippen LogP contribution in [-0.2, 0) is 19.8 Å². The molecule has 0 unspecified atom stereocenters. The second kappa shape index (κ2) is 8.02. The predicted molar refractivity (Wildman–Crippen MR) is 121 cm³/mol. The van der Waals surface area contributed by atoms with Crippen LogP contribution in [0.25, 0.3) is 21.8 Å². The van der Waals surface area contributed by atoms with E-state index in [4.69, 9.17) is 0 Å². The minimum atomic E-state index is -4.51. The lowest BCUT2D eigenvalue weighted by molar-refractivity contribution is -0.137. The number of halogens is 4. The molecule has 0 radical (unpaired) electrons. The van der Waals surface area contributed by atoms with Gasteiger partial charge in [0.2, 0.25) is 0 Å². The second-order valence-corrected chi connectivity index (χ2v) is 8.01. The summed E-state index contributed by atoms with van der Waals surface area (Å²) in [6.45, 7) is 0.108. The molecule has 0 atom stereocenters. The van der Waals surface area contributed by atoms with E-state index in [-0.39, 0.29) is 17.6 Å². The van der Waals surface area contributed by atoms with E-state index in [1.807, 2.05) is 6.07 Å². The van der Waals surface area contributed by atoms with Gasteiger partial charge in [0, 0.05) is 35.6 Å². The largest absolute Gasteiger partial charge is 0.416 e. The van der Waals surface area contributed by atoms with Crippen molar-refractivity contribution in [3.05, 3.63) is 95.6 Å². The molecular weight excluding hydrogens is 448 g/mol. The third kappa shape index (κ3) is 4.00. The maximum Gasteiger partial charge on any atom is 0.416 e. The molecule has 0 saturated carbocycles. The summed E-state index contributed by atoms with van der Waals surface area (Å²) >= 11 is 0. The molecule has 34 heavy (non-hydrogen) atoms. The SMILES string of the molecule is Cn1ncc2cc(NC(=O)c3cc4cc(C(F)(F)F)ccc4n3Cc3cccc(F)c3)ccc21. The zero-order chi connectivity index (χ0) is 24.0. The lowest BCUT2D eigenvalue weighted by Crippen LogP contribution is -2.17. The van der Waals surface area contributed by atoms with Gasteiger partial charge in [-0.05, 0) is 60.2 Å². The Morgan fingerprint density at radius 1 is 0.971 bits per heavy atom. The molecule has 0 spiro atoms. The van der Waals surface area contributed by atoms with Crippen LogP contribution in [0.15, 0.2) is 72.9 Å². The normalized spacial score (nSPS) is 11.9. The Morgan fingerprint density at radius 2 is 1.76 bits per heavy atom. The Bertz CT molecular complexity index is 1550. The number of amides is 1. The number of carbonyl (C=O) groups excluding carboxylic acids is 1. The molecule has 1 amide bonds. The van der Waals surface area contributed by atoms with Gasteiger partial charge in [0.1, 0.15) is 11.5 Å². The Balaban J connectivity index is 1.57. The summed E-state index contributed by atoms with van der Waals surface area (Å²) in [5.41, 5.74) is 1.76. The summed E-state index contributed by atoms with van der Waals surface area (Å²) in [7, 11) is 1.81. The third-order valence-electron chi connectivity index (χ3n) is 5.70. The van der Waals surface area contributed by atoms with E-state index in [1.165, 1.54) is 24.3 Å². The van der Waals surface area contributed by atoms with Crippen LogP contribution in [0, 0.1) is 5.82 Å². The highest BCUT2D eigenvalue weighted by atomic mass is 19.4. The van der Waals surface area contributed by atoms with Crippen molar-refractivity contribution in [2.75, 3.05) is 5.32 Å². The number of fused-ring (bicyclic) bond motifs is 2. The van der Waals surface area contributed by atoms with E-state index in [1.54, 1.807) is 46.8 Å². The van der Waals surface area contributed by atoms with Gasteiger partial charge < -0.3 is 9.88 Å². The molecule has 0 aliphatic carbocycles. The zero-order valence-electron chi connectivity index (χ0n) is 17.9. The summed E-state index contributed by atoms with van der Waals surface area (Å²) in [5.74, 6) is -0.937. The molecule has 0 fully saturated rings. The van der Waals surface area contributed by atoms with Crippen LogP contribution in [0.3, 0.4) is 0 Å². The van der Waals surface area contributed by atoms with E-state index < -0.39 is 23.5 Å².